The predicted octanol–water partition coefficient (Wildman–Crippen LogP) is 1.76. The van der Waals surface area contributed by atoms with Gasteiger partial charge in [0.15, 0.2) is 11.5 Å². The summed E-state index contributed by atoms with van der Waals surface area (Å²) in [7, 11) is -2.86. The molecular weight excluding hydrogens is 282 g/mol. The Bertz CT molecular complexity index is 718. The number of likely N-dealkylation sites (N-methyl/N-ethyl adjacent to an activating group) is 1. The van der Waals surface area contributed by atoms with Crippen LogP contribution in [-0.2, 0) is 14.8 Å². The minimum Gasteiger partial charge on any atom is -0.505 e. The summed E-state index contributed by atoms with van der Waals surface area (Å²) in [6.45, 7) is 3.68. The average molecular weight is 297 g/mol. The van der Waals surface area contributed by atoms with Crippen molar-refractivity contribution in [3.8, 4) is 0 Å². The quantitative estimate of drug-likeness (QED) is 0.867. The van der Waals surface area contributed by atoms with Crippen LogP contribution in [0.3, 0.4) is 0 Å². The van der Waals surface area contributed by atoms with Crippen LogP contribution < -0.4 is 0 Å². The molecule has 6 nitrogen and oxygen atoms in total. The highest BCUT2D eigenvalue weighted by molar-refractivity contribution is 7.89. The summed E-state index contributed by atoms with van der Waals surface area (Å²) >= 11 is 0. The van der Waals surface area contributed by atoms with Gasteiger partial charge in [-0.2, -0.15) is 0 Å². The molecule has 2 N–H and O–H groups in total. The van der Waals surface area contributed by atoms with E-state index >= 15 is 0 Å². The van der Waals surface area contributed by atoms with Gasteiger partial charge in [0.05, 0.1) is 4.90 Å². The molecule has 0 radical (unpaired) electrons. The van der Waals surface area contributed by atoms with Crippen molar-refractivity contribution in [2.45, 2.75) is 24.7 Å². The highest BCUT2D eigenvalue weighted by Gasteiger charge is 2.39. The van der Waals surface area contributed by atoms with Gasteiger partial charge < -0.3 is 10.2 Å². The number of fused-ring (bicyclic) bond motifs is 1. The summed E-state index contributed by atoms with van der Waals surface area (Å²) in [6, 6.07) is 4.63. The number of carbonyl (C=O) groups is 1. The van der Waals surface area contributed by atoms with Gasteiger partial charge in [-0.3, -0.25) is 4.31 Å². The third kappa shape index (κ3) is 1.85. The number of nitrogens with zero attached hydrogens (tertiary/aromatic N) is 1. The van der Waals surface area contributed by atoms with Gasteiger partial charge in [-0.1, -0.05) is 26.0 Å². The predicted molar refractivity (Wildman–Crippen MR) is 72.7 cm³/mol. The molecule has 1 aromatic rings. The number of sulfonamides is 1. The number of rotatable bonds is 2. The second-order valence-corrected chi connectivity index (χ2v) is 6.79. The number of carboxylic acid groups (broad SMARTS) is 1. The highest BCUT2D eigenvalue weighted by atomic mass is 32.2. The minimum absolute atomic E-state index is 0.0549. The first-order chi connectivity index (χ1) is 9.19. The molecule has 0 aliphatic carbocycles. The van der Waals surface area contributed by atoms with Crippen molar-refractivity contribution in [3.05, 3.63) is 35.0 Å². The lowest BCUT2D eigenvalue weighted by Crippen LogP contribution is -2.35. The van der Waals surface area contributed by atoms with Gasteiger partial charge >= 0.3 is 5.97 Å². The summed E-state index contributed by atoms with van der Waals surface area (Å²) in [5, 5.41) is 19.4. The number of aliphatic hydroxyl groups excluding tert-OH is 1. The van der Waals surface area contributed by atoms with Gasteiger partial charge in [0, 0.05) is 12.6 Å². The van der Waals surface area contributed by atoms with E-state index in [9.17, 15) is 18.3 Å². The van der Waals surface area contributed by atoms with E-state index in [0.29, 0.717) is 9.87 Å². The zero-order chi connectivity index (χ0) is 15.2. The van der Waals surface area contributed by atoms with Crippen LogP contribution in [0.1, 0.15) is 30.9 Å². The molecule has 108 valence electrons. The largest absolute Gasteiger partial charge is 0.505 e. The van der Waals surface area contributed by atoms with Crippen LogP contribution in [0.2, 0.25) is 0 Å². The summed E-state index contributed by atoms with van der Waals surface area (Å²) in [6.07, 6.45) is 0. The number of benzene rings is 1. The van der Waals surface area contributed by atoms with E-state index in [4.69, 9.17) is 5.11 Å². The van der Waals surface area contributed by atoms with Crippen LogP contribution in [0.25, 0.3) is 5.76 Å². The Balaban J connectivity index is 2.95. The number of aliphatic carboxylic acids is 1. The van der Waals surface area contributed by atoms with Gasteiger partial charge in [-0.25, -0.2) is 13.2 Å². The second-order valence-electron chi connectivity index (χ2n) is 4.85. The number of carboxylic acids is 1. The first kappa shape index (κ1) is 14.4. The van der Waals surface area contributed by atoms with Crippen molar-refractivity contribution in [2.24, 2.45) is 0 Å². The Labute approximate surface area is 117 Å². The van der Waals surface area contributed by atoms with Crippen LogP contribution >= 0.6 is 0 Å². The lowest BCUT2D eigenvalue weighted by molar-refractivity contribution is -0.133. The van der Waals surface area contributed by atoms with Crippen molar-refractivity contribution < 1.29 is 23.4 Å². The molecular formula is C13H15NO5S. The molecule has 20 heavy (non-hydrogen) atoms. The van der Waals surface area contributed by atoms with E-state index < -0.39 is 27.4 Å². The molecule has 1 heterocycles. The third-order valence-corrected chi connectivity index (χ3v) is 5.10. The monoisotopic (exact) mass is 297 g/mol. The molecule has 0 aromatic heterocycles. The van der Waals surface area contributed by atoms with E-state index in [-0.39, 0.29) is 16.4 Å². The van der Waals surface area contributed by atoms with Gasteiger partial charge in [0.2, 0.25) is 0 Å². The molecule has 1 aliphatic heterocycles. The molecule has 0 saturated carbocycles. The van der Waals surface area contributed by atoms with Gasteiger partial charge in [0.25, 0.3) is 10.0 Å². The number of hydrogen-bond donors (Lipinski definition) is 2. The standard InChI is InChI=1S/C13H15NO5S/c1-7(2)8-5-4-6-9-10(8)12(15)11(13(16)17)14(3)20(9,18)19/h4-7,15H,1-3H3,(H,16,17). The maximum absolute atomic E-state index is 12.4. The Morgan fingerprint density at radius 1 is 1.30 bits per heavy atom. The van der Waals surface area contributed by atoms with E-state index in [0.717, 1.165) is 7.05 Å². The fraction of sp³-hybridized carbons (Fsp3) is 0.308. The lowest BCUT2D eigenvalue weighted by Gasteiger charge is -2.29. The van der Waals surface area contributed by atoms with Crippen LogP contribution in [-0.4, -0.2) is 36.0 Å². The van der Waals surface area contributed by atoms with Crippen LogP contribution in [0.15, 0.2) is 28.8 Å². The maximum Gasteiger partial charge on any atom is 0.357 e. The first-order valence-electron chi connectivity index (χ1n) is 5.98. The smallest absolute Gasteiger partial charge is 0.357 e. The molecule has 0 fully saturated rings. The molecule has 0 spiro atoms. The average Bonchev–Trinajstić information content (AvgIpc) is 2.35. The van der Waals surface area contributed by atoms with E-state index in [1.54, 1.807) is 12.1 Å². The maximum atomic E-state index is 12.4. The van der Waals surface area contributed by atoms with E-state index in [1.807, 2.05) is 13.8 Å². The van der Waals surface area contributed by atoms with E-state index in [1.165, 1.54) is 6.07 Å². The third-order valence-electron chi connectivity index (χ3n) is 3.30. The number of hydrogen-bond acceptors (Lipinski definition) is 4. The van der Waals surface area contributed by atoms with Crippen LogP contribution in [0.5, 0.6) is 0 Å². The normalized spacial score (nSPS) is 17.3. The molecule has 0 unspecified atom stereocenters. The molecule has 0 amide bonds. The Hall–Kier alpha value is -2.02. The molecule has 2 rings (SSSR count). The summed E-state index contributed by atoms with van der Waals surface area (Å²) in [5.74, 6) is -2.06. The summed E-state index contributed by atoms with van der Waals surface area (Å²) in [5.41, 5.74) is 0.0408. The molecule has 0 bridgehead atoms. The van der Waals surface area contributed by atoms with Gasteiger partial charge in [-0.15, -0.1) is 0 Å². The van der Waals surface area contributed by atoms with Crippen LogP contribution in [0.4, 0.5) is 0 Å². The Morgan fingerprint density at radius 2 is 1.90 bits per heavy atom. The molecule has 0 saturated heterocycles. The van der Waals surface area contributed by atoms with Crippen molar-refractivity contribution in [2.75, 3.05) is 7.05 Å². The lowest BCUT2D eigenvalue weighted by atomic mass is 9.95. The number of aliphatic hydroxyl groups is 1. The Morgan fingerprint density at radius 3 is 2.40 bits per heavy atom. The molecule has 1 aliphatic rings. The fourth-order valence-electron chi connectivity index (χ4n) is 2.27. The zero-order valence-corrected chi connectivity index (χ0v) is 12.1. The Kier molecular flexibility index (Phi) is 3.25. The van der Waals surface area contributed by atoms with Crippen molar-refractivity contribution in [3.63, 3.8) is 0 Å². The van der Waals surface area contributed by atoms with Crippen molar-refractivity contribution in [1.82, 2.24) is 4.31 Å². The molecule has 1 aromatic carbocycles. The molecule has 0 atom stereocenters. The van der Waals surface area contributed by atoms with Crippen molar-refractivity contribution >= 4 is 21.8 Å². The fourth-order valence-corrected chi connectivity index (χ4v) is 3.69. The van der Waals surface area contributed by atoms with Gasteiger partial charge in [0.1, 0.15) is 0 Å². The summed E-state index contributed by atoms with van der Waals surface area (Å²) in [4.78, 5) is 11.2. The highest BCUT2D eigenvalue weighted by Crippen LogP contribution is 2.38. The SMILES string of the molecule is CC(C)c1cccc2c1C(O)=C(C(=O)O)N(C)S2(=O)=O. The summed E-state index contributed by atoms with van der Waals surface area (Å²) < 4.78 is 25.3. The minimum atomic E-state index is -3.97. The van der Waals surface area contributed by atoms with Crippen LogP contribution in [0, 0.1) is 0 Å². The second kappa shape index (κ2) is 4.52. The topological polar surface area (TPSA) is 94.9 Å². The molecule has 7 heteroatoms. The van der Waals surface area contributed by atoms with E-state index in [2.05, 4.69) is 0 Å². The van der Waals surface area contributed by atoms with Gasteiger partial charge in [-0.05, 0) is 17.5 Å². The zero-order valence-electron chi connectivity index (χ0n) is 11.3. The van der Waals surface area contributed by atoms with Crippen molar-refractivity contribution in [1.29, 1.82) is 0 Å². The first-order valence-corrected chi connectivity index (χ1v) is 7.42.